The van der Waals surface area contributed by atoms with Crippen molar-refractivity contribution in [3.8, 4) is 0 Å². The van der Waals surface area contributed by atoms with Crippen LogP contribution in [0.15, 0.2) is 0 Å². The Morgan fingerprint density at radius 3 is 2.80 bits per heavy atom. The lowest BCUT2D eigenvalue weighted by Crippen LogP contribution is -2.56. The molecule has 1 unspecified atom stereocenters. The highest BCUT2D eigenvalue weighted by Crippen LogP contribution is 2.30. The van der Waals surface area contributed by atoms with Crippen molar-refractivity contribution >= 4 is 24.2 Å². The third-order valence-corrected chi connectivity index (χ3v) is 3.80. The fourth-order valence-corrected chi connectivity index (χ4v) is 2.35. The zero-order valence-electron chi connectivity index (χ0n) is 11.9. The summed E-state index contributed by atoms with van der Waals surface area (Å²) in [6.45, 7) is 2.60. The predicted molar refractivity (Wildman–Crippen MR) is 77.7 cm³/mol. The molecule has 7 heteroatoms. The van der Waals surface area contributed by atoms with Crippen LogP contribution in [0.5, 0.6) is 0 Å². The minimum Gasteiger partial charge on any atom is -0.395 e. The van der Waals surface area contributed by atoms with Crippen molar-refractivity contribution in [2.45, 2.75) is 25.3 Å². The lowest BCUT2D eigenvalue weighted by molar-refractivity contribution is -0.140. The molecule has 0 aromatic rings. The van der Waals surface area contributed by atoms with Crippen molar-refractivity contribution in [2.24, 2.45) is 5.92 Å². The minimum absolute atomic E-state index is 0. The molecule has 116 valence electrons. The standard InChI is InChI=1S/C13H23N3O3.ClH/c1-15(6-7-17)12(18)8-11-13(19)16(5-4-14-11)9-10-2-3-10;/h10-11,14,17H,2-9H2,1H3;1H. The Morgan fingerprint density at radius 1 is 1.50 bits per heavy atom. The van der Waals surface area contributed by atoms with E-state index >= 15 is 0 Å². The number of rotatable bonds is 6. The average Bonchev–Trinajstić information content (AvgIpc) is 3.18. The number of nitrogens with zero attached hydrogens (tertiary/aromatic N) is 2. The zero-order valence-corrected chi connectivity index (χ0v) is 12.7. The molecule has 20 heavy (non-hydrogen) atoms. The van der Waals surface area contributed by atoms with Crippen LogP contribution in [0.3, 0.4) is 0 Å². The monoisotopic (exact) mass is 305 g/mol. The third kappa shape index (κ3) is 4.61. The molecule has 1 atom stereocenters. The third-order valence-electron chi connectivity index (χ3n) is 3.80. The van der Waals surface area contributed by atoms with E-state index in [1.807, 2.05) is 4.90 Å². The van der Waals surface area contributed by atoms with Gasteiger partial charge in [0.15, 0.2) is 0 Å². The first-order valence-corrected chi connectivity index (χ1v) is 6.99. The summed E-state index contributed by atoms with van der Waals surface area (Å²) >= 11 is 0. The van der Waals surface area contributed by atoms with Gasteiger partial charge < -0.3 is 20.2 Å². The van der Waals surface area contributed by atoms with E-state index in [0.29, 0.717) is 12.5 Å². The van der Waals surface area contributed by atoms with E-state index < -0.39 is 6.04 Å². The Balaban J connectivity index is 0.00000200. The maximum Gasteiger partial charge on any atom is 0.240 e. The van der Waals surface area contributed by atoms with Crippen LogP contribution in [0.25, 0.3) is 0 Å². The van der Waals surface area contributed by atoms with Gasteiger partial charge in [0, 0.05) is 33.2 Å². The molecule has 2 amide bonds. The first kappa shape index (κ1) is 17.2. The molecule has 0 spiro atoms. The minimum atomic E-state index is -0.402. The Morgan fingerprint density at radius 2 is 2.20 bits per heavy atom. The van der Waals surface area contributed by atoms with Gasteiger partial charge in [0.2, 0.25) is 11.8 Å². The number of hydrogen-bond acceptors (Lipinski definition) is 4. The Labute approximate surface area is 125 Å². The summed E-state index contributed by atoms with van der Waals surface area (Å²) in [6.07, 6.45) is 2.62. The number of halogens is 1. The van der Waals surface area contributed by atoms with Gasteiger partial charge in [-0.25, -0.2) is 0 Å². The van der Waals surface area contributed by atoms with Crippen LogP contribution in [0.4, 0.5) is 0 Å². The molecule has 2 rings (SSSR count). The number of aliphatic hydroxyl groups is 1. The molecule has 1 aliphatic heterocycles. The molecule has 6 nitrogen and oxygen atoms in total. The highest BCUT2D eigenvalue weighted by atomic mass is 35.5. The number of aliphatic hydroxyl groups excluding tert-OH is 1. The maximum absolute atomic E-state index is 12.2. The van der Waals surface area contributed by atoms with Crippen molar-refractivity contribution in [2.75, 3.05) is 39.8 Å². The summed E-state index contributed by atoms with van der Waals surface area (Å²) in [5.74, 6) is 0.618. The fourth-order valence-electron chi connectivity index (χ4n) is 2.35. The molecule has 2 aliphatic rings. The van der Waals surface area contributed by atoms with Gasteiger partial charge in [-0.05, 0) is 18.8 Å². The highest BCUT2D eigenvalue weighted by Gasteiger charge is 2.34. The van der Waals surface area contributed by atoms with Crippen LogP contribution in [-0.4, -0.2) is 72.6 Å². The molecule has 0 bridgehead atoms. The predicted octanol–water partition coefficient (Wildman–Crippen LogP) is -0.541. The van der Waals surface area contributed by atoms with Gasteiger partial charge in [0.1, 0.15) is 0 Å². The highest BCUT2D eigenvalue weighted by molar-refractivity contribution is 5.88. The van der Waals surface area contributed by atoms with E-state index in [-0.39, 0.29) is 37.2 Å². The van der Waals surface area contributed by atoms with Crippen molar-refractivity contribution in [3.63, 3.8) is 0 Å². The van der Waals surface area contributed by atoms with E-state index in [0.717, 1.165) is 19.6 Å². The Hall–Kier alpha value is -0.850. The molecule has 2 fully saturated rings. The van der Waals surface area contributed by atoms with Gasteiger partial charge >= 0.3 is 0 Å². The van der Waals surface area contributed by atoms with Gasteiger partial charge in [0.25, 0.3) is 0 Å². The van der Waals surface area contributed by atoms with Crippen LogP contribution in [0.2, 0.25) is 0 Å². The van der Waals surface area contributed by atoms with E-state index in [1.165, 1.54) is 17.7 Å². The molecule has 0 aromatic carbocycles. The number of nitrogens with one attached hydrogen (secondary N) is 1. The van der Waals surface area contributed by atoms with E-state index in [9.17, 15) is 9.59 Å². The van der Waals surface area contributed by atoms with E-state index in [1.54, 1.807) is 7.05 Å². The lowest BCUT2D eigenvalue weighted by atomic mass is 10.1. The second-order valence-electron chi connectivity index (χ2n) is 5.48. The average molecular weight is 306 g/mol. The van der Waals surface area contributed by atoms with Gasteiger partial charge in [-0.2, -0.15) is 0 Å². The first-order chi connectivity index (χ1) is 9.11. The topological polar surface area (TPSA) is 72.9 Å². The largest absolute Gasteiger partial charge is 0.395 e. The van der Waals surface area contributed by atoms with Crippen molar-refractivity contribution in [3.05, 3.63) is 0 Å². The molecule has 2 N–H and O–H groups in total. The SMILES string of the molecule is CN(CCO)C(=O)CC1NCCN(CC2CC2)C1=O.Cl. The molecule has 1 saturated heterocycles. The van der Waals surface area contributed by atoms with Gasteiger partial charge in [-0.3, -0.25) is 9.59 Å². The van der Waals surface area contributed by atoms with Crippen molar-refractivity contribution < 1.29 is 14.7 Å². The summed E-state index contributed by atoms with van der Waals surface area (Å²) in [4.78, 5) is 27.5. The summed E-state index contributed by atoms with van der Waals surface area (Å²) in [5, 5.41) is 11.9. The number of amides is 2. The molecule has 1 saturated carbocycles. The summed E-state index contributed by atoms with van der Waals surface area (Å²) in [6, 6.07) is -0.402. The molecular formula is C13H24ClN3O3. The number of piperazine rings is 1. The Kier molecular flexibility index (Phi) is 6.71. The smallest absolute Gasteiger partial charge is 0.240 e. The zero-order chi connectivity index (χ0) is 13.8. The fraction of sp³-hybridized carbons (Fsp3) is 0.846. The summed E-state index contributed by atoms with van der Waals surface area (Å²) in [5.41, 5.74) is 0. The molecule has 0 aromatic heterocycles. The van der Waals surface area contributed by atoms with Crippen LogP contribution in [0.1, 0.15) is 19.3 Å². The first-order valence-electron chi connectivity index (χ1n) is 6.99. The number of likely N-dealkylation sites (N-methyl/N-ethyl adjacent to an activating group) is 1. The number of carbonyl (C=O) groups is 2. The number of hydrogen-bond donors (Lipinski definition) is 2. The maximum atomic E-state index is 12.2. The lowest BCUT2D eigenvalue weighted by Gasteiger charge is -2.33. The molecular weight excluding hydrogens is 282 g/mol. The van der Waals surface area contributed by atoms with E-state index in [4.69, 9.17) is 5.11 Å². The van der Waals surface area contributed by atoms with Gasteiger partial charge in [-0.15, -0.1) is 12.4 Å². The molecule has 0 radical (unpaired) electrons. The number of carbonyl (C=O) groups excluding carboxylic acids is 2. The van der Waals surface area contributed by atoms with Gasteiger partial charge in [-0.1, -0.05) is 0 Å². The molecule has 1 heterocycles. The van der Waals surface area contributed by atoms with Crippen LogP contribution >= 0.6 is 12.4 Å². The van der Waals surface area contributed by atoms with Crippen LogP contribution in [-0.2, 0) is 9.59 Å². The van der Waals surface area contributed by atoms with Crippen molar-refractivity contribution in [1.82, 2.24) is 15.1 Å². The van der Waals surface area contributed by atoms with Gasteiger partial charge in [0.05, 0.1) is 19.1 Å². The van der Waals surface area contributed by atoms with Crippen molar-refractivity contribution in [1.29, 1.82) is 0 Å². The van der Waals surface area contributed by atoms with Crippen LogP contribution < -0.4 is 5.32 Å². The van der Waals surface area contributed by atoms with E-state index in [2.05, 4.69) is 5.32 Å². The second-order valence-corrected chi connectivity index (χ2v) is 5.48. The summed E-state index contributed by atoms with van der Waals surface area (Å²) in [7, 11) is 1.65. The van der Waals surface area contributed by atoms with Crippen LogP contribution in [0, 0.1) is 5.92 Å². The molecule has 1 aliphatic carbocycles. The normalized spacial score (nSPS) is 22.4. The quantitative estimate of drug-likeness (QED) is 0.691. The second kappa shape index (κ2) is 7.81. The summed E-state index contributed by atoms with van der Waals surface area (Å²) < 4.78 is 0. The Bertz CT molecular complexity index is 350.